The van der Waals surface area contributed by atoms with Crippen LogP contribution in [0.3, 0.4) is 0 Å². The molecule has 80 valence electrons. The number of nitrogens with two attached hydrogens (primary N) is 1. The van der Waals surface area contributed by atoms with Crippen LogP contribution in [0.25, 0.3) is 0 Å². The molecule has 2 N–H and O–H groups in total. The van der Waals surface area contributed by atoms with Crippen molar-refractivity contribution < 1.29 is 4.74 Å². The second-order valence-corrected chi connectivity index (χ2v) is 4.01. The molecule has 4 nitrogen and oxygen atoms in total. The molecule has 0 aliphatic heterocycles. The van der Waals surface area contributed by atoms with E-state index in [0.717, 1.165) is 0 Å². The molecule has 1 aromatic heterocycles. The van der Waals surface area contributed by atoms with Crippen LogP contribution in [0, 0.1) is 5.92 Å². The van der Waals surface area contributed by atoms with Gasteiger partial charge in [-0.3, -0.25) is 4.68 Å². The lowest BCUT2D eigenvalue weighted by molar-refractivity contribution is 0.0484. The maximum atomic E-state index is 5.79. The molecule has 0 aliphatic rings. The van der Waals surface area contributed by atoms with Crippen molar-refractivity contribution in [3.05, 3.63) is 11.2 Å². The van der Waals surface area contributed by atoms with Gasteiger partial charge in [-0.25, -0.2) is 0 Å². The Morgan fingerprint density at radius 1 is 1.64 bits per heavy atom. The molecule has 1 unspecified atom stereocenters. The van der Waals surface area contributed by atoms with Gasteiger partial charge in [-0.05, 0) is 5.92 Å². The first-order valence-corrected chi connectivity index (χ1v) is 4.93. The van der Waals surface area contributed by atoms with E-state index >= 15 is 0 Å². The number of aromatic nitrogens is 2. The van der Waals surface area contributed by atoms with E-state index in [1.165, 1.54) is 0 Å². The van der Waals surface area contributed by atoms with E-state index in [-0.39, 0.29) is 6.10 Å². The molecular formula is C9H16ClN3O. The molecule has 1 atom stereocenters. The van der Waals surface area contributed by atoms with E-state index in [9.17, 15) is 0 Å². The van der Waals surface area contributed by atoms with Crippen LogP contribution < -0.4 is 5.73 Å². The van der Waals surface area contributed by atoms with Crippen molar-refractivity contribution in [1.82, 2.24) is 9.78 Å². The van der Waals surface area contributed by atoms with Gasteiger partial charge in [-0.15, -0.1) is 0 Å². The smallest absolute Gasteiger partial charge is 0.164 e. The number of methoxy groups -OCH3 is 1. The van der Waals surface area contributed by atoms with Crippen LogP contribution in [0.2, 0.25) is 5.02 Å². The second kappa shape index (κ2) is 4.66. The Balaban J connectivity index is 2.67. The third kappa shape index (κ3) is 2.62. The van der Waals surface area contributed by atoms with Crippen molar-refractivity contribution in [2.24, 2.45) is 5.92 Å². The van der Waals surface area contributed by atoms with Gasteiger partial charge in [0.25, 0.3) is 0 Å². The minimum absolute atomic E-state index is 0.130. The fourth-order valence-corrected chi connectivity index (χ4v) is 1.40. The summed E-state index contributed by atoms with van der Waals surface area (Å²) in [6.45, 7) is 4.87. The van der Waals surface area contributed by atoms with Gasteiger partial charge >= 0.3 is 0 Å². The van der Waals surface area contributed by atoms with E-state index in [4.69, 9.17) is 22.1 Å². The number of ether oxygens (including phenoxy) is 1. The number of rotatable bonds is 4. The van der Waals surface area contributed by atoms with E-state index in [0.29, 0.717) is 23.3 Å². The molecule has 0 fully saturated rings. The summed E-state index contributed by atoms with van der Waals surface area (Å²) in [5.74, 6) is 0.800. The molecule has 0 radical (unpaired) electrons. The molecular weight excluding hydrogens is 202 g/mol. The summed E-state index contributed by atoms with van der Waals surface area (Å²) >= 11 is 5.79. The summed E-state index contributed by atoms with van der Waals surface area (Å²) in [5.41, 5.74) is 5.53. The van der Waals surface area contributed by atoms with Crippen LogP contribution in [-0.4, -0.2) is 23.0 Å². The van der Waals surface area contributed by atoms with Crippen molar-refractivity contribution in [3.63, 3.8) is 0 Å². The van der Waals surface area contributed by atoms with Crippen molar-refractivity contribution in [3.8, 4) is 0 Å². The lowest BCUT2D eigenvalue weighted by Crippen LogP contribution is -2.24. The van der Waals surface area contributed by atoms with Crippen LogP contribution in [0.4, 0.5) is 5.82 Å². The predicted molar refractivity (Wildman–Crippen MR) is 57.3 cm³/mol. The van der Waals surface area contributed by atoms with E-state index in [1.807, 2.05) is 0 Å². The number of nitrogen functional groups attached to an aromatic ring is 1. The van der Waals surface area contributed by atoms with Crippen LogP contribution in [0.1, 0.15) is 13.8 Å². The van der Waals surface area contributed by atoms with Gasteiger partial charge in [0, 0.05) is 13.3 Å². The van der Waals surface area contributed by atoms with E-state index in [1.54, 1.807) is 18.0 Å². The molecule has 14 heavy (non-hydrogen) atoms. The topological polar surface area (TPSA) is 53.1 Å². The fraction of sp³-hybridized carbons (Fsp3) is 0.667. The maximum absolute atomic E-state index is 5.79. The number of hydrogen-bond acceptors (Lipinski definition) is 3. The molecule has 1 aromatic rings. The van der Waals surface area contributed by atoms with Crippen LogP contribution in [0.5, 0.6) is 0 Å². The highest BCUT2D eigenvalue weighted by Crippen LogP contribution is 2.16. The third-order valence-corrected chi connectivity index (χ3v) is 2.45. The van der Waals surface area contributed by atoms with Gasteiger partial charge in [0.05, 0.1) is 12.6 Å². The van der Waals surface area contributed by atoms with Gasteiger partial charge in [-0.2, -0.15) is 5.10 Å². The monoisotopic (exact) mass is 217 g/mol. The summed E-state index contributed by atoms with van der Waals surface area (Å²) in [5, 5.41) is 4.55. The molecule has 0 spiro atoms. The maximum Gasteiger partial charge on any atom is 0.164 e. The second-order valence-electron chi connectivity index (χ2n) is 3.60. The predicted octanol–water partition coefficient (Wildman–Crippen LogP) is 1.79. The Bertz CT molecular complexity index is 279. The van der Waals surface area contributed by atoms with Crippen LogP contribution in [-0.2, 0) is 11.3 Å². The average molecular weight is 218 g/mol. The van der Waals surface area contributed by atoms with E-state index in [2.05, 4.69) is 18.9 Å². The number of halogens is 1. The molecule has 1 rings (SSSR count). The first-order valence-electron chi connectivity index (χ1n) is 4.55. The number of anilines is 1. The van der Waals surface area contributed by atoms with E-state index < -0.39 is 0 Å². The summed E-state index contributed by atoms with van der Waals surface area (Å²) in [7, 11) is 1.69. The lowest BCUT2D eigenvalue weighted by Gasteiger charge is -2.18. The number of hydrogen-bond donors (Lipinski definition) is 1. The zero-order valence-corrected chi connectivity index (χ0v) is 9.45. The van der Waals surface area contributed by atoms with Crippen molar-refractivity contribution in [2.45, 2.75) is 26.5 Å². The Kier molecular flexibility index (Phi) is 3.77. The minimum atomic E-state index is 0.130. The summed E-state index contributed by atoms with van der Waals surface area (Å²) in [6.07, 6.45) is 1.84. The summed E-state index contributed by atoms with van der Waals surface area (Å²) in [6, 6.07) is 0. The highest BCUT2D eigenvalue weighted by Gasteiger charge is 2.14. The van der Waals surface area contributed by atoms with Gasteiger partial charge in [0.1, 0.15) is 5.02 Å². The van der Waals surface area contributed by atoms with Gasteiger partial charge in [0.15, 0.2) is 5.82 Å². The molecule has 0 aliphatic carbocycles. The number of nitrogens with zero attached hydrogens (tertiary/aromatic N) is 2. The molecule has 0 saturated heterocycles. The van der Waals surface area contributed by atoms with Crippen molar-refractivity contribution >= 4 is 17.4 Å². The first kappa shape index (κ1) is 11.3. The van der Waals surface area contributed by atoms with Crippen LogP contribution in [0.15, 0.2) is 6.20 Å². The highest BCUT2D eigenvalue weighted by molar-refractivity contribution is 6.32. The van der Waals surface area contributed by atoms with Crippen molar-refractivity contribution in [2.75, 3.05) is 12.8 Å². The quantitative estimate of drug-likeness (QED) is 0.837. The lowest BCUT2D eigenvalue weighted by atomic mass is 10.1. The molecule has 0 saturated carbocycles. The first-order chi connectivity index (χ1) is 6.54. The summed E-state index contributed by atoms with van der Waals surface area (Å²) < 4.78 is 7.03. The molecule has 1 heterocycles. The molecule has 0 bridgehead atoms. The molecule has 0 aromatic carbocycles. The third-order valence-electron chi connectivity index (χ3n) is 2.16. The van der Waals surface area contributed by atoms with Gasteiger partial charge in [-0.1, -0.05) is 25.4 Å². The summed E-state index contributed by atoms with van der Waals surface area (Å²) in [4.78, 5) is 0. The zero-order chi connectivity index (χ0) is 10.7. The SMILES string of the molecule is COC(Cn1cc(Cl)c(N)n1)C(C)C. The Morgan fingerprint density at radius 2 is 2.29 bits per heavy atom. The Hall–Kier alpha value is -0.740. The zero-order valence-electron chi connectivity index (χ0n) is 8.70. The van der Waals surface area contributed by atoms with Gasteiger partial charge in [0.2, 0.25) is 0 Å². The highest BCUT2D eigenvalue weighted by atomic mass is 35.5. The standard InChI is InChI=1S/C9H16ClN3O/c1-6(2)8(14-3)5-13-4-7(10)9(11)12-13/h4,6,8H,5H2,1-3H3,(H2,11,12). The molecule has 0 amide bonds. The van der Waals surface area contributed by atoms with Gasteiger partial charge < -0.3 is 10.5 Å². The minimum Gasteiger partial charge on any atom is -0.381 e. The van der Waals surface area contributed by atoms with Crippen LogP contribution >= 0.6 is 11.6 Å². The normalized spacial score (nSPS) is 13.5. The largest absolute Gasteiger partial charge is 0.381 e. The Morgan fingerprint density at radius 3 is 2.64 bits per heavy atom. The average Bonchev–Trinajstić information content (AvgIpc) is 2.41. The van der Waals surface area contributed by atoms with Crippen molar-refractivity contribution in [1.29, 1.82) is 0 Å². The fourth-order valence-electron chi connectivity index (χ4n) is 1.25. The molecule has 5 heteroatoms. The Labute approximate surface area is 89.0 Å².